The molecule has 0 saturated carbocycles. The Balaban J connectivity index is 1.97. The van der Waals surface area contributed by atoms with E-state index in [-0.39, 0.29) is 5.97 Å². The van der Waals surface area contributed by atoms with Gasteiger partial charge in [0.25, 0.3) is 0 Å². The van der Waals surface area contributed by atoms with E-state index >= 15 is 0 Å². The van der Waals surface area contributed by atoms with Crippen LogP contribution in [0.5, 0.6) is 0 Å². The number of esters is 1. The van der Waals surface area contributed by atoms with Crippen LogP contribution in [0.4, 0.5) is 5.69 Å². The lowest BCUT2D eigenvalue weighted by Crippen LogP contribution is -2.33. The molecule has 20 heavy (non-hydrogen) atoms. The van der Waals surface area contributed by atoms with E-state index in [2.05, 4.69) is 30.0 Å². The summed E-state index contributed by atoms with van der Waals surface area (Å²) in [7, 11) is 0. The minimum atomic E-state index is -0.395. The first-order valence-electron chi connectivity index (χ1n) is 7.41. The van der Waals surface area contributed by atoms with Crippen LogP contribution in [0, 0.1) is 6.92 Å². The summed E-state index contributed by atoms with van der Waals surface area (Å²) in [5.41, 5.74) is 3.59. The van der Waals surface area contributed by atoms with Crippen molar-refractivity contribution in [3.05, 3.63) is 29.3 Å². The lowest BCUT2D eigenvalue weighted by atomic mass is 9.99. The van der Waals surface area contributed by atoms with Gasteiger partial charge in [-0.25, -0.2) is 0 Å². The second-order valence-electron chi connectivity index (χ2n) is 6.56. The van der Waals surface area contributed by atoms with Crippen molar-refractivity contribution in [3.8, 4) is 0 Å². The summed E-state index contributed by atoms with van der Waals surface area (Å²) in [5, 5.41) is 0. The topological polar surface area (TPSA) is 29.5 Å². The maximum Gasteiger partial charge on any atom is 0.308 e. The van der Waals surface area contributed by atoms with Gasteiger partial charge in [0.2, 0.25) is 0 Å². The van der Waals surface area contributed by atoms with Crippen molar-refractivity contribution in [3.63, 3.8) is 0 Å². The second-order valence-corrected chi connectivity index (χ2v) is 6.56. The highest BCUT2D eigenvalue weighted by Crippen LogP contribution is 2.28. The maximum absolute atomic E-state index is 11.8. The molecule has 1 aliphatic rings. The fourth-order valence-electron chi connectivity index (χ4n) is 2.65. The summed E-state index contributed by atoms with van der Waals surface area (Å²) in [4.78, 5) is 14.1. The molecule has 1 aromatic carbocycles. The number of nitrogens with zero attached hydrogens (tertiary/aromatic N) is 1. The van der Waals surface area contributed by atoms with Gasteiger partial charge in [-0.1, -0.05) is 17.7 Å². The number of aryl methyl sites for hydroxylation is 2. The third kappa shape index (κ3) is 3.99. The zero-order valence-electron chi connectivity index (χ0n) is 13.0. The fraction of sp³-hybridized carbons (Fsp3) is 0.588. The molecule has 0 amide bonds. The van der Waals surface area contributed by atoms with Gasteiger partial charge >= 0.3 is 5.97 Å². The van der Waals surface area contributed by atoms with Crippen LogP contribution in [0.3, 0.4) is 0 Å². The van der Waals surface area contributed by atoms with Crippen molar-refractivity contribution in [2.75, 3.05) is 18.0 Å². The maximum atomic E-state index is 11.8. The number of carbonyl (C=O) groups excluding carboxylic acids is 1. The third-order valence-corrected chi connectivity index (χ3v) is 3.46. The lowest BCUT2D eigenvalue weighted by Gasteiger charge is -2.31. The van der Waals surface area contributed by atoms with E-state index in [0.717, 1.165) is 25.9 Å². The zero-order valence-corrected chi connectivity index (χ0v) is 13.0. The Kier molecular flexibility index (Phi) is 4.36. The molecular formula is C17H25NO2. The molecule has 0 aromatic heterocycles. The first kappa shape index (κ1) is 14.9. The van der Waals surface area contributed by atoms with Crippen molar-refractivity contribution in [1.29, 1.82) is 0 Å². The molecule has 0 aliphatic carbocycles. The molecule has 0 bridgehead atoms. The van der Waals surface area contributed by atoms with Gasteiger partial charge in [0.05, 0.1) is 6.42 Å². The van der Waals surface area contributed by atoms with E-state index < -0.39 is 5.60 Å². The summed E-state index contributed by atoms with van der Waals surface area (Å²) in [5.74, 6) is -0.114. The number of rotatable bonds is 3. The summed E-state index contributed by atoms with van der Waals surface area (Å²) >= 11 is 0. The molecule has 0 atom stereocenters. The molecular weight excluding hydrogens is 250 g/mol. The summed E-state index contributed by atoms with van der Waals surface area (Å²) in [6.45, 7) is 9.61. The first-order valence-corrected chi connectivity index (χ1v) is 7.41. The van der Waals surface area contributed by atoms with Crippen molar-refractivity contribution in [2.24, 2.45) is 0 Å². The van der Waals surface area contributed by atoms with Gasteiger partial charge in [0.1, 0.15) is 5.60 Å². The highest BCUT2D eigenvalue weighted by molar-refractivity contribution is 5.71. The molecule has 3 nitrogen and oxygen atoms in total. The van der Waals surface area contributed by atoms with Gasteiger partial charge in [0.15, 0.2) is 0 Å². The average Bonchev–Trinajstić information content (AvgIpc) is 2.33. The van der Waals surface area contributed by atoms with Gasteiger partial charge in [0, 0.05) is 18.8 Å². The molecule has 0 spiro atoms. The number of hydrogen-bond donors (Lipinski definition) is 0. The van der Waals surface area contributed by atoms with E-state index in [0.29, 0.717) is 6.42 Å². The molecule has 0 fully saturated rings. The van der Waals surface area contributed by atoms with Crippen LogP contribution in [0.2, 0.25) is 0 Å². The molecule has 0 saturated heterocycles. The Bertz CT molecular complexity index is 488. The molecule has 0 radical (unpaired) electrons. The van der Waals surface area contributed by atoms with Crippen LogP contribution in [-0.2, 0) is 16.0 Å². The molecule has 0 unspecified atom stereocenters. The van der Waals surface area contributed by atoms with Crippen molar-refractivity contribution in [1.82, 2.24) is 0 Å². The quantitative estimate of drug-likeness (QED) is 0.791. The smallest absolute Gasteiger partial charge is 0.308 e. The molecule has 1 heterocycles. The van der Waals surface area contributed by atoms with Crippen LogP contribution in [0.25, 0.3) is 0 Å². The fourth-order valence-corrected chi connectivity index (χ4v) is 2.65. The minimum absolute atomic E-state index is 0.114. The number of hydrogen-bond acceptors (Lipinski definition) is 3. The van der Waals surface area contributed by atoms with Crippen LogP contribution in [0.1, 0.15) is 44.7 Å². The Hall–Kier alpha value is -1.51. The Labute approximate surface area is 121 Å². The van der Waals surface area contributed by atoms with Gasteiger partial charge in [-0.2, -0.15) is 0 Å². The van der Waals surface area contributed by atoms with Gasteiger partial charge in [-0.15, -0.1) is 0 Å². The third-order valence-electron chi connectivity index (χ3n) is 3.46. The Morgan fingerprint density at radius 1 is 1.35 bits per heavy atom. The Morgan fingerprint density at radius 3 is 2.80 bits per heavy atom. The molecule has 1 aliphatic heterocycles. The number of anilines is 1. The highest BCUT2D eigenvalue weighted by Gasteiger charge is 2.20. The number of ether oxygens (including phenoxy) is 1. The van der Waals surface area contributed by atoms with Crippen molar-refractivity contribution < 1.29 is 9.53 Å². The number of benzene rings is 1. The molecule has 1 aromatic rings. The molecule has 3 heteroatoms. The SMILES string of the molecule is Cc1ccc2c(c1)CCCN2CCC(=O)OC(C)(C)C. The minimum Gasteiger partial charge on any atom is -0.460 e. The predicted molar refractivity (Wildman–Crippen MR) is 82.2 cm³/mol. The van der Waals surface area contributed by atoms with E-state index in [1.54, 1.807) is 0 Å². The molecule has 0 N–H and O–H groups in total. The number of carbonyl (C=O) groups is 1. The van der Waals surface area contributed by atoms with Gasteiger partial charge < -0.3 is 9.64 Å². The normalized spacial score (nSPS) is 14.9. The first-order chi connectivity index (χ1) is 9.35. The van der Waals surface area contributed by atoms with E-state index in [1.807, 2.05) is 20.8 Å². The molecule has 110 valence electrons. The van der Waals surface area contributed by atoms with Crippen LogP contribution < -0.4 is 4.90 Å². The number of fused-ring (bicyclic) bond motifs is 1. The monoisotopic (exact) mass is 275 g/mol. The van der Waals surface area contributed by atoms with Crippen LogP contribution in [0.15, 0.2) is 18.2 Å². The summed E-state index contributed by atoms with van der Waals surface area (Å²) < 4.78 is 5.37. The van der Waals surface area contributed by atoms with Crippen molar-refractivity contribution in [2.45, 2.75) is 52.6 Å². The zero-order chi connectivity index (χ0) is 14.8. The molecule has 2 rings (SSSR count). The van der Waals surface area contributed by atoms with E-state index in [1.165, 1.54) is 16.8 Å². The second kappa shape index (κ2) is 5.86. The highest BCUT2D eigenvalue weighted by atomic mass is 16.6. The van der Waals surface area contributed by atoms with E-state index in [4.69, 9.17) is 4.74 Å². The van der Waals surface area contributed by atoms with E-state index in [9.17, 15) is 4.79 Å². The predicted octanol–water partition coefficient (Wildman–Crippen LogP) is 3.48. The van der Waals surface area contributed by atoms with Crippen LogP contribution >= 0.6 is 0 Å². The standard InChI is InChI=1S/C17H25NO2/c1-13-7-8-15-14(12-13)6-5-10-18(15)11-9-16(19)20-17(2,3)4/h7-8,12H,5-6,9-11H2,1-4H3. The summed E-state index contributed by atoms with van der Waals surface area (Å²) in [6, 6.07) is 6.58. The van der Waals surface area contributed by atoms with Crippen LogP contribution in [-0.4, -0.2) is 24.7 Å². The van der Waals surface area contributed by atoms with Gasteiger partial charge in [-0.3, -0.25) is 4.79 Å². The summed E-state index contributed by atoms with van der Waals surface area (Å²) in [6.07, 6.45) is 2.75. The lowest BCUT2D eigenvalue weighted by molar-refractivity contribution is -0.154. The van der Waals surface area contributed by atoms with Gasteiger partial charge in [-0.05, 0) is 52.2 Å². The average molecular weight is 275 g/mol. The largest absolute Gasteiger partial charge is 0.460 e. The Morgan fingerprint density at radius 2 is 2.10 bits per heavy atom. The van der Waals surface area contributed by atoms with Crippen molar-refractivity contribution >= 4 is 11.7 Å².